The molecule has 0 saturated carbocycles. The number of hydrogen-bond donors (Lipinski definition) is 4. The first-order valence-corrected chi connectivity index (χ1v) is 11.3. The maximum absolute atomic E-state index is 12.9. The van der Waals surface area contributed by atoms with Gasteiger partial charge < -0.3 is 30.5 Å². The highest BCUT2D eigenvalue weighted by molar-refractivity contribution is 5.96. The predicted molar refractivity (Wildman–Crippen MR) is 125 cm³/mol. The molecule has 1 aliphatic heterocycles. The Bertz CT molecular complexity index is 1110. The van der Waals surface area contributed by atoms with Crippen LogP contribution in [0.1, 0.15) is 24.0 Å². The summed E-state index contributed by atoms with van der Waals surface area (Å²) < 4.78 is 10.7. The molecule has 2 aromatic carbocycles. The van der Waals surface area contributed by atoms with Crippen molar-refractivity contribution in [2.45, 2.75) is 31.0 Å². The predicted octanol–water partition coefficient (Wildman–Crippen LogP) is 1.24. The van der Waals surface area contributed by atoms with Crippen molar-refractivity contribution >= 4 is 23.9 Å². The van der Waals surface area contributed by atoms with Crippen molar-refractivity contribution in [3.8, 4) is 11.1 Å². The Morgan fingerprint density at radius 3 is 2.26 bits per heavy atom. The Hall–Kier alpha value is -3.92. The Morgan fingerprint density at radius 1 is 1.09 bits per heavy atom. The van der Waals surface area contributed by atoms with Crippen LogP contribution in [0.4, 0.5) is 4.79 Å². The Labute approximate surface area is 202 Å². The topological polar surface area (TPSA) is 143 Å². The number of carbonyl (C=O) groups excluding carboxylic acids is 3. The summed E-state index contributed by atoms with van der Waals surface area (Å²) in [7, 11) is 1.37. The number of fused-ring (bicyclic) bond motifs is 3. The van der Waals surface area contributed by atoms with E-state index in [4.69, 9.17) is 9.47 Å². The molecule has 0 aromatic heterocycles. The number of nitrogens with one attached hydrogen (secondary N) is 3. The molecule has 1 saturated heterocycles. The average molecular weight is 482 g/mol. The number of carboxylic acid groups (broad SMARTS) is 1. The van der Waals surface area contributed by atoms with Gasteiger partial charge in [0, 0.05) is 19.6 Å². The van der Waals surface area contributed by atoms with Gasteiger partial charge in [0.15, 0.2) is 0 Å². The number of rotatable bonds is 8. The van der Waals surface area contributed by atoms with Crippen LogP contribution in [0.25, 0.3) is 11.1 Å². The maximum Gasteiger partial charge on any atom is 0.407 e. The highest BCUT2D eigenvalue weighted by Gasteiger charge is 2.42. The fraction of sp³-hybridized carbons (Fsp3) is 0.360. The summed E-state index contributed by atoms with van der Waals surface area (Å²) in [6.07, 6.45) is -1.61. The van der Waals surface area contributed by atoms with E-state index in [1.807, 2.05) is 48.5 Å². The maximum atomic E-state index is 12.9. The summed E-state index contributed by atoms with van der Waals surface area (Å²) in [4.78, 5) is 49.0. The molecule has 4 N–H and O–H groups in total. The highest BCUT2D eigenvalue weighted by atomic mass is 16.5. The van der Waals surface area contributed by atoms with Crippen LogP contribution in [0.15, 0.2) is 48.5 Å². The molecule has 4 rings (SSSR count). The number of hydrogen-bond acceptors (Lipinski definition) is 6. The van der Waals surface area contributed by atoms with Crippen molar-refractivity contribution in [1.82, 2.24) is 16.0 Å². The van der Waals surface area contributed by atoms with Crippen LogP contribution in [0.3, 0.4) is 0 Å². The highest BCUT2D eigenvalue weighted by Crippen LogP contribution is 2.44. The molecule has 0 spiro atoms. The molecule has 184 valence electrons. The van der Waals surface area contributed by atoms with Crippen molar-refractivity contribution in [2.24, 2.45) is 5.92 Å². The molecule has 0 bridgehead atoms. The van der Waals surface area contributed by atoms with Gasteiger partial charge in [-0.2, -0.15) is 0 Å². The lowest BCUT2D eigenvalue weighted by molar-refractivity contribution is -0.143. The van der Waals surface area contributed by atoms with Gasteiger partial charge in [-0.1, -0.05) is 48.5 Å². The molecule has 2 unspecified atom stereocenters. The largest absolute Gasteiger partial charge is 0.481 e. The first kappa shape index (κ1) is 24.2. The lowest BCUT2D eigenvalue weighted by Gasteiger charge is -2.25. The lowest BCUT2D eigenvalue weighted by Crippen LogP contribution is -2.57. The molecule has 3 amide bonds. The second-order valence-electron chi connectivity index (χ2n) is 8.56. The Balaban J connectivity index is 1.43. The van der Waals surface area contributed by atoms with Crippen molar-refractivity contribution < 1.29 is 33.8 Å². The summed E-state index contributed by atoms with van der Waals surface area (Å²) in [5, 5.41) is 16.6. The van der Waals surface area contributed by atoms with E-state index >= 15 is 0 Å². The number of benzene rings is 2. The van der Waals surface area contributed by atoms with E-state index in [2.05, 4.69) is 16.0 Å². The summed E-state index contributed by atoms with van der Waals surface area (Å²) in [5.41, 5.74) is 4.27. The summed E-state index contributed by atoms with van der Waals surface area (Å²) in [5.74, 6) is -3.83. The minimum absolute atomic E-state index is 0.0572. The van der Waals surface area contributed by atoms with Crippen molar-refractivity contribution in [1.29, 1.82) is 0 Å². The molecule has 2 aliphatic rings. The smallest absolute Gasteiger partial charge is 0.407 e. The fourth-order valence-corrected chi connectivity index (χ4v) is 4.56. The van der Waals surface area contributed by atoms with E-state index in [9.17, 15) is 24.3 Å². The standard InChI is InChI=1S/C25H27N3O7/c1-13(34-2)20(23(30)27-21-18(24(31)32)11-26-22(21)29)28-25(33)35-12-19-16-9-5-3-7-14(16)15-8-4-6-10-17(15)19/h3-10,13,18-21H,11-12H2,1-2H3,(H,26,29)(H,27,30)(H,28,33)(H,31,32)/t13-,18?,20+,21?/m1/s1. The van der Waals surface area contributed by atoms with E-state index < -0.39 is 48.0 Å². The molecule has 1 heterocycles. The third-order valence-corrected chi connectivity index (χ3v) is 6.54. The Morgan fingerprint density at radius 2 is 1.69 bits per heavy atom. The monoisotopic (exact) mass is 481 g/mol. The van der Waals surface area contributed by atoms with Crippen LogP contribution >= 0.6 is 0 Å². The molecule has 10 heteroatoms. The number of ether oxygens (including phenoxy) is 2. The first-order valence-electron chi connectivity index (χ1n) is 11.3. The minimum Gasteiger partial charge on any atom is -0.481 e. The zero-order chi connectivity index (χ0) is 25.1. The molecular weight excluding hydrogens is 454 g/mol. The van der Waals surface area contributed by atoms with Gasteiger partial charge in [0.05, 0.1) is 6.10 Å². The molecule has 1 fully saturated rings. The van der Waals surface area contributed by atoms with Gasteiger partial charge >= 0.3 is 12.1 Å². The van der Waals surface area contributed by atoms with Crippen LogP contribution < -0.4 is 16.0 Å². The SMILES string of the molecule is CO[C@H](C)[C@H](NC(=O)OCC1c2ccccc2-c2ccccc21)C(=O)NC1C(=O)NCC1C(=O)O. The van der Waals surface area contributed by atoms with Gasteiger partial charge in [0.1, 0.15) is 24.6 Å². The summed E-state index contributed by atoms with van der Waals surface area (Å²) in [6, 6.07) is 13.4. The van der Waals surface area contributed by atoms with Crippen LogP contribution in [0.2, 0.25) is 0 Å². The summed E-state index contributed by atoms with van der Waals surface area (Å²) >= 11 is 0. The number of amides is 3. The molecular formula is C25H27N3O7. The van der Waals surface area contributed by atoms with Crippen LogP contribution in [0, 0.1) is 5.92 Å². The number of carbonyl (C=O) groups is 4. The van der Waals surface area contributed by atoms with Crippen molar-refractivity contribution in [2.75, 3.05) is 20.3 Å². The zero-order valence-electron chi connectivity index (χ0n) is 19.3. The van der Waals surface area contributed by atoms with E-state index in [0.29, 0.717) is 0 Å². The molecule has 10 nitrogen and oxygen atoms in total. The van der Waals surface area contributed by atoms with Gasteiger partial charge in [-0.3, -0.25) is 14.4 Å². The van der Waals surface area contributed by atoms with E-state index in [1.54, 1.807) is 6.92 Å². The second-order valence-corrected chi connectivity index (χ2v) is 8.56. The van der Waals surface area contributed by atoms with Gasteiger partial charge in [-0.15, -0.1) is 0 Å². The van der Waals surface area contributed by atoms with Crippen LogP contribution in [-0.4, -0.2) is 67.4 Å². The summed E-state index contributed by atoms with van der Waals surface area (Å²) in [6.45, 7) is 1.53. The number of methoxy groups -OCH3 is 1. The minimum atomic E-state index is -1.25. The first-order chi connectivity index (χ1) is 16.8. The van der Waals surface area contributed by atoms with E-state index in [-0.39, 0.29) is 19.1 Å². The van der Waals surface area contributed by atoms with Crippen molar-refractivity contribution in [3.05, 3.63) is 59.7 Å². The third kappa shape index (κ3) is 4.83. The Kier molecular flexibility index (Phi) is 7.02. The van der Waals surface area contributed by atoms with Crippen molar-refractivity contribution in [3.63, 3.8) is 0 Å². The molecule has 35 heavy (non-hydrogen) atoms. The normalized spacial score (nSPS) is 20.2. The molecule has 4 atom stereocenters. The molecule has 0 radical (unpaired) electrons. The van der Waals surface area contributed by atoms with E-state index in [1.165, 1.54) is 7.11 Å². The van der Waals surface area contributed by atoms with Crippen LogP contribution in [0.5, 0.6) is 0 Å². The lowest BCUT2D eigenvalue weighted by atomic mass is 9.98. The van der Waals surface area contributed by atoms with Gasteiger partial charge in [-0.05, 0) is 29.2 Å². The molecule has 2 aromatic rings. The molecule has 1 aliphatic carbocycles. The van der Waals surface area contributed by atoms with Crippen LogP contribution in [-0.2, 0) is 23.9 Å². The second kappa shape index (κ2) is 10.1. The number of carboxylic acids is 1. The van der Waals surface area contributed by atoms with Gasteiger partial charge in [0.25, 0.3) is 0 Å². The van der Waals surface area contributed by atoms with Gasteiger partial charge in [-0.25, -0.2) is 4.79 Å². The quantitative estimate of drug-likeness (QED) is 0.444. The zero-order valence-corrected chi connectivity index (χ0v) is 19.3. The average Bonchev–Trinajstić information content (AvgIpc) is 3.38. The van der Waals surface area contributed by atoms with E-state index in [0.717, 1.165) is 22.3 Å². The third-order valence-electron chi connectivity index (χ3n) is 6.54. The number of aliphatic carboxylic acids is 1. The number of alkyl carbamates (subject to hydrolysis) is 1. The fourth-order valence-electron chi connectivity index (χ4n) is 4.56. The van der Waals surface area contributed by atoms with Gasteiger partial charge in [0.2, 0.25) is 11.8 Å².